The third kappa shape index (κ3) is 4.36. The minimum Gasteiger partial charge on any atom is -0.396 e. The molecule has 0 aliphatic heterocycles. The summed E-state index contributed by atoms with van der Waals surface area (Å²) in [4.78, 5) is 0. The molecule has 0 radical (unpaired) electrons. The lowest BCUT2D eigenvalue weighted by atomic mass is 10.3. The fourth-order valence-electron chi connectivity index (χ4n) is 2.47. The van der Waals surface area contributed by atoms with E-state index in [-0.39, 0.29) is 36.8 Å². The van der Waals surface area contributed by atoms with Crippen molar-refractivity contribution in [2.24, 2.45) is 0 Å². The largest absolute Gasteiger partial charge is 0.396 e. The molecular formula is C12H27O4P. The summed E-state index contributed by atoms with van der Waals surface area (Å²) in [7, 11) is -2.52. The van der Waals surface area contributed by atoms with Crippen LogP contribution in [-0.4, -0.2) is 52.1 Å². The fourth-order valence-corrected chi connectivity index (χ4v) is 6.63. The number of hydrogen-bond donors (Lipinski definition) is 3. The minimum atomic E-state index is -2.52. The van der Waals surface area contributed by atoms with Crippen molar-refractivity contribution in [2.45, 2.75) is 57.0 Å². The highest BCUT2D eigenvalue weighted by atomic mass is 31.2. The van der Waals surface area contributed by atoms with Crippen LogP contribution in [0.2, 0.25) is 0 Å². The number of aliphatic hydroxyl groups excluding tert-OH is 3. The van der Waals surface area contributed by atoms with Crippen LogP contribution in [0.15, 0.2) is 0 Å². The maximum Gasteiger partial charge on any atom is 0.0959 e. The molecule has 0 aliphatic rings. The van der Waals surface area contributed by atoms with Crippen molar-refractivity contribution in [1.29, 1.82) is 0 Å². The third-order valence-electron chi connectivity index (χ3n) is 3.71. The monoisotopic (exact) mass is 266 g/mol. The van der Waals surface area contributed by atoms with Gasteiger partial charge in [-0.25, -0.2) is 0 Å². The van der Waals surface area contributed by atoms with Crippen LogP contribution in [0, 0.1) is 0 Å². The van der Waals surface area contributed by atoms with Gasteiger partial charge in [0.15, 0.2) is 0 Å². The van der Waals surface area contributed by atoms with Gasteiger partial charge in [0, 0.05) is 36.8 Å². The highest BCUT2D eigenvalue weighted by Gasteiger charge is 2.39. The molecule has 104 valence electrons. The van der Waals surface area contributed by atoms with Crippen molar-refractivity contribution in [1.82, 2.24) is 0 Å². The van der Waals surface area contributed by atoms with E-state index < -0.39 is 7.14 Å². The molecule has 0 amide bonds. The molecule has 0 saturated heterocycles. The molecule has 17 heavy (non-hydrogen) atoms. The van der Waals surface area contributed by atoms with Gasteiger partial charge in [-0.15, -0.1) is 0 Å². The van der Waals surface area contributed by atoms with Crippen LogP contribution in [0.5, 0.6) is 0 Å². The lowest BCUT2D eigenvalue weighted by Crippen LogP contribution is -2.24. The Kier molecular flexibility index (Phi) is 8.31. The molecule has 5 heteroatoms. The van der Waals surface area contributed by atoms with E-state index in [0.29, 0.717) is 19.3 Å². The van der Waals surface area contributed by atoms with Crippen LogP contribution < -0.4 is 0 Å². The van der Waals surface area contributed by atoms with Gasteiger partial charge >= 0.3 is 0 Å². The molecule has 0 rings (SSSR count). The van der Waals surface area contributed by atoms with Crippen molar-refractivity contribution in [3.8, 4) is 0 Å². The molecule has 0 heterocycles. The first-order valence-corrected chi connectivity index (χ1v) is 8.28. The molecule has 0 bridgehead atoms. The molecule has 0 saturated carbocycles. The summed E-state index contributed by atoms with van der Waals surface area (Å²) >= 11 is 0. The zero-order valence-corrected chi connectivity index (χ0v) is 12.1. The van der Waals surface area contributed by atoms with Crippen LogP contribution >= 0.6 is 7.14 Å². The lowest BCUT2D eigenvalue weighted by Gasteiger charge is -2.35. The summed E-state index contributed by atoms with van der Waals surface area (Å²) in [5.41, 5.74) is -0.179. The molecule has 0 aromatic rings. The molecule has 0 fully saturated rings. The highest BCUT2D eigenvalue weighted by Crippen LogP contribution is 2.61. The average Bonchev–Trinajstić information content (AvgIpc) is 2.28. The molecule has 3 atom stereocenters. The van der Waals surface area contributed by atoms with Gasteiger partial charge in [0.1, 0.15) is 0 Å². The predicted octanol–water partition coefficient (Wildman–Crippen LogP) is 1.66. The molecule has 3 N–H and O–H groups in total. The standard InChI is InChI=1S/C12H27O4P/c1-10(4-7-13)17(16,11(2)5-8-14)12(3)6-9-15/h10-15H,4-9H2,1-3H3. The first kappa shape index (κ1) is 17.1. The maximum atomic E-state index is 13.1. The second kappa shape index (κ2) is 8.25. The smallest absolute Gasteiger partial charge is 0.0959 e. The van der Waals surface area contributed by atoms with E-state index in [2.05, 4.69) is 0 Å². The van der Waals surface area contributed by atoms with E-state index in [1.807, 2.05) is 20.8 Å². The van der Waals surface area contributed by atoms with Gasteiger partial charge in [-0.05, 0) is 19.3 Å². The maximum absolute atomic E-state index is 13.1. The predicted molar refractivity (Wildman–Crippen MR) is 71.1 cm³/mol. The molecule has 0 aromatic carbocycles. The van der Waals surface area contributed by atoms with Crippen LogP contribution in [0.1, 0.15) is 40.0 Å². The van der Waals surface area contributed by atoms with Gasteiger partial charge in [-0.1, -0.05) is 20.8 Å². The van der Waals surface area contributed by atoms with Crippen molar-refractivity contribution in [3.63, 3.8) is 0 Å². The Morgan fingerprint density at radius 1 is 0.765 bits per heavy atom. The Bertz CT molecular complexity index is 207. The fraction of sp³-hybridized carbons (Fsp3) is 1.00. The summed E-state index contributed by atoms with van der Waals surface area (Å²) in [6.07, 6.45) is 1.55. The quantitative estimate of drug-likeness (QED) is 0.555. The van der Waals surface area contributed by atoms with E-state index in [1.165, 1.54) is 0 Å². The number of rotatable bonds is 9. The van der Waals surface area contributed by atoms with Gasteiger partial charge in [-0.2, -0.15) is 0 Å². The van der Waals surface area contributed by atoms with Gasteiger partial charge in [0.2, 0.25) is 0 Å². The van der Waals surface area contributed by atoms with Gasteiger partial charge in [-0.3, -0.25) is 0 Å². The Labute approximate surface area is 104 Å². The van der Waals surface area contributed by atoms with Crippen molar-refractivity contribution in [3.05, 3.63) is 0 Å². The number of aliphatic hydroxyl groups is 3. The van der Waals surface area contributed by atoms with E-state index in [0.717, 1.165) is 0 Å². The van der Waals surface area contributed by atoms with E-state index in [1.54, 1.807) is 0 Å². The van der Waals surface area contributed by atoms with Crippen LogP contribution in [0.25, 0.3) is 0 Å². The second-order valence-electron chi connectivity index (χ2n) is 4.85. The highest BCUT2D eigenvalue weighted by molar-refractivity contribution is 7.66. The van der Waals surface area contributed by atoms with Gasteiger partial charge in [0.05, 0.1) is 7.14 Å². The molecule has 4 nitrogen and oxygen atoms in total. The van der Waals surface area contributed by atoms with Crippen LogP contribution in [0.3, 0.4) is 0 Å². The van der Waals surface area contributed by atoms with Crippen molar-refractivity contribution >= 4 is 7.14 Å². The Morgan fingerprint density at radius 2 is 1.00 bits per heavy atom. The molecular weight excluding hydrogens is 239 g/mol. The third-order valence-corrected chi connectivity index (χ3v) is 8.62. The summed E-state index contributed by atoms with van der Waals surface area (Å²) in [6.45, 7) is 5.80. The molecule has 0 aromatic heterocycles. The molecule has 3 unspecified atom stereocenters. The molecule has 0 aliphatic carbocycles. The lowest BCUT2D eigenvalue weighted by molar-refractivity contribution is 0.277. The summed E-state index contributed by atoms with van der Waals surface area (Å²) < 4.78 is 13.1. The zero-order valence-electron chi connectivity index (χ0n) is 11.2. The Morgan fingerprint density at radius 3 is 1.18 bits per heavy atom. The molecule has 0 spiro atoms. The second-order valence-corrected chi connectivity index (χ2v) is 9.02. The zero-order chi connectivity index (χ0) is 13.5. The van der Waals surface area contributed by atoms with Crippen LogP contribution in [0.4, 0.5) is 0 Å². The average molecular weight is 266 g/mol. The first-order valence-electron chi connectivity index (χ1n) is 6.36. The van der Waals surface area contributed by atoms with Crippen LogP contribution in [-0.2, 0) is 4.57 Å². The first-order chi connectivity index (χ1) is 7.94. The Balaban J connectivity index is 4.98. The normalized spacial score (nSPS) is 20.6. The van der Waals surface area contributed by atoms with E-state index in [4.69, 9.17) is 15.3 Å². The number of hydrogen-bond acceptors (Lipinski definition) is 4. The summed E-state index contributed by atoms with van der Waals surface area (Å²) in [5.74, 6) is 0. The minimum absolute atomic E-state index is 0.0306. The Hall–Kier alpha value is 0.110. The summed E-state index contributed by atoms with van der Waals surface area (Å²) in [6, 6.07) is 0. The van der Waals surface area contributed by atoms with Crippen molar-refractivity contribution < 1.29 is 19.9 Å². The van der Waals surface area contributed by atoms with E-state index >= 15 is 0 Å². The van der Waals surface area contributed by atoms with Gasteiger partial charge < -0.3 is 19.9 Å². The SMILES string of the molecule is CC(CCO)P(=O)(C(C)CCO)C(C)CCO. The summed E-state index contributed by atoms with van der Waals surface area (Å²) in [5, 5.41) is 27.0. The van der Waals surface area contributed by atoms with E-state index in [9.17, 15) is 4.57 Å². The van der Waals surface area contributed by atoms with Crippen molar-refractivity contribution in [2.75, 3.05) is 19.8 Å². The topological polar surface area (TPSA) is 77.8 Å². The van der Waals surface area contributed by atoms with Gasteiger partial charge in [0.25, 0.3) is 0 Å².